The van der Waals surface area contributed by atoms with Crippen LogP contribution in [0.25, 0.3) is 0 Å². The smallest absolute Gasteiger partial charge is 0.0409 e. The maximum absolute atomic E-state index is 2.38. The van der Waals surface area contributed by atoms with Gasteiger partial charge in [0.15, 0.2) is 0 Å². The predicted molar refractivity (Wildman–Crippen MR) is 94.2 cm³/mol. The van der Waals surface area contributed by atoms with Crippen LogP contribution in [-0.4, -0.2) is 0 Å². The molecule has 0 nitrogen and oxygen atoms in total. The summed E-state index contributed by atoms with van der Waals surface area (Å²) in [4.78, 5) is 0. The van der Waals surface area contributed by atoms with Crippen LogP contribution in [0.3, 0.4) is 0 Å². The number of hydrogen-bond acceptors (Lipinski definition) is 0. The van der Waals surface area contributed by atoms with Crippen molar-refractivity contribution in [3.8, 4) is 0 Å². The van der Waals surface area contributed by atoms with E-state index in [2.05, 4.69) is 34.6 Å². The van der Waals surface area contributed by atoms with Gasteiger partial charge in [-0.25, -0.2) is 0 Å². The average molecular weight is 283 g/mol. The zero-order valence-electron chi connectivity index (χ0n) is 15.2. The Balaban J connectivity index is 3.48. The molecule has 0 aromatic carbocycles. The van der Waals surface area contributed by atoms with Gasteiger partial charge in [-0.2, -0.15) is 0 Å². The van der Waals surface area contributed by atoms with Crippen molar-refractivity contribution in [2.45, 2.75) is 112 Å². The van der Waals surface area contributed by atoms with Crippen molar-refractivity contribution in [2.75, 3.05) is 0 Å². The normalized spacial score (nSPS) is 12.0. The summed E-state index contributed by atoms with van der Waals surface area (Å²) in [7, 11) is 0. The van der Waals surface area contributed by atoms with Crippen molar-refractivity contribution in [1.82, 2.24) is 0 Å². The van der Waals surface area contributed by atoms with Crippen molar-refractivity contribution in [2.24, 2.45) is 17.8 Å². The summed E-state index contributed by atoms with van der Waals surface area (Å²) in [6.45, 7) is 11.8. The van der Waals surface area contributed by atoms with Gasteiger partial charge in [-0.05, 0) is 30.6 Å². The minimum Gasteiger partial charge on any atom is -0.0654 e. The first kappa shape index (κ1) is 20.0. The molecule has 0 spiro atoms. The Morgan fingerprint density at radius 3 is 1.35 bits per heavy atom. The SMILES string of the molecule is CCCCCCCCCCCC(CC(C)C)CC(C)C. The Bertz CT molecular complexity index is 170. The van der Waals surface area contributed by atoms with E-state index in [4.69, 9.17) is 0 Å². The molecular formula is C20H42. The van der Waals surface area contributed by atoms with Crippen LogP contribution in [-0.2, 0) is 0 Å². The van der Waals surface area contributed by atoms with Gasteiger partial charge in [0.2, 0.25) is 0 Å². The molecule has 0 saturated heterocycles. The van der Waals surface area contributed by atoms with Gasteiger partial charge < -0.3 is 0 Å². The summed E-state index contributed by atoms with van der Waals surface area (Å²) in [6.07, 6.45) is 17.5. The van der Waals surface area contributed by atoms with Gasteiger partial charge in [0.1, 0.15) is 0 Å². The zero-order valence-corrected chi connectivity index (χ0v) is 15.2. The Morgan fingerprint density at radius 1 is 0.550 bits per heavy atom. The Labute approximate surface area is 130 Å². The average Bonchev–Trinajstić information content (AvgIpc) is 2.35. The number of unbranched alkanes of at least 4 members (excludes halogenated alkanes) is 8. The molecule has 0 aliphatic rings. The summed E-state index contributed by atoms with van der Waals surface area (Å²) < 4.78 is 0. The lowest BCUT2D eigenvalue weighted by Crippen LogP contribution is -2.08. The van der Waals surface area contributed by atoms with E-state index in [0.29, 0.717) is 0 Å². The largest absolute Gasteiger partial charge is 0.0654 e. The predicted octanol–water partition coefficient (Wildman–Crippen LogP) is 7.62. The lowest BCUT2D eigenvalue weighted by Gasteiger charge is -2.21. The second-order valence-electron chi connectivity index (χ2n) is 7.74. The van der Waals surface area contributed by atoms with Crippen LogP contribution < -0.4 is 0 Å². The van der Waals surface area contributed by atoms with Gasteiger partial charge in [0.25, 0.3) is 0 Å². The van der Waals surface area contributed by atoms with E-state index in [0.717, 1.165) is 17.8 Å². The highest BCUT2D eigenvalue weighted by molar-refractivity contribution is 4.64. The van der Waals surface area contributed by atoms with E-state index in [9.17, 15) is 0 Å². The highest BCUT2D eigenvalue weighted by atomic mass is 14.2. The van der Waals surface area contributed by atoms with Crippen molar-refractivity contribution in [3.63, 3.8) is 0 Å². The molecule has 0 fully saturated rings. The summed E-state index contributed by atoms with van der Waals surface area (Å²) in [5, 5.41) is 0. The Morgan fingerprint density at radius 2 is 0.950 bits per heavy atom. The molecule has 0 aromatic rings. The topological polar surface area (TPSA) is 0 Å². The highest BCUT2D eigenvalue weighted by Gasteiger charge is 2.12. The molecule has 20 heavy (non-hydrogen) atoms. The monoisotopic (exact) mass is 282 g/mol. The van der Waals surface area contributed by atoms with Crippen LogP contribution in [0.1, 0.15) is 112 Å². The standard InChI is InChI=1S/C20H42/c1-6-7-8-9-10-11-12-13-14-15-20(16-18(2)3)17-19(4)5/h18-20H,6-17H2,1-5H3. The minimum atomic E-state index is 0.873. The van der Waals surface area contributed by atoms with Crippen LogP contribution in [0.4, 0.5) is 0 Å². The van der Waals surface area contributed by atoms with Gasteiger partial charge in [0, 0.05) is 0 Å². The van der Waals surface area contributed by atoms with Crippen molar-refractivity contribution in [3.05, 3.63) is 0 Å². The molecule has 0 aromatic heterocycles. The fraction of sp³-hybridized carbons (Fsp3) is 1.00. The van der Waals surface area contributed by atoms with Gasteiger partial charge in [-0.3, -0.25) is 0 Å². The number of hydrogen-bond donors (Lipinski definition) is 0. The molecule has 0 heterocycles. The van der Waals surface area contributed by atoms with Gasteiger partial charge >= 0.3 is 0 Å². The first-order valence-corrected chi connectivity index (χ1v) is 9.56. The molecule has 0 N–H and O–H groups in total. The molecule has 0 unspecified atom stereocenters. The van der Waals surface area contributed by atoms with E-state index >= 15 is 0 Å². The van der Waals surface area contributed by atoms with E-state index in [1.54, 1.807) is 0 Å². The molecule has 0 aliphatic carbocycles. The van der Waals surface area contributed by atoms with E-state index in [1.807, 2.05) is 0 Å². The zero-order chi connectivity index (χ0) is 15.2. The van der Waals surface area contributed by atoms with Crippen molar-refractivity contribution >= 4 is 0 Å². The number of rotatable bonds is 14. The first-order chi connectivity index (χ1) is 9.56. The van der Waals surface area contributed by atoms with E-state index in [-0.39, 0.29) is 0 Å². The summed E-state index contributed by atoms with van der Waals surface area (Å²) in [5.41, 5.74) is 0. The van der Waals surface area contributed by atoms with Crippen molar-refractivity contribution < 1.29 is 0 Å². The molecule has 0 bridgehead atoms. The van der Waals surface area contributed by atoms with Gasteiger partial charge in [0.05, 0.1) is 0 Å². The van der Waals surface area contributed by atoms with Crippen molar-refractivity contribution in [1.29, 1.82) is 0 Å². The third kappa shape index (κ3) is 14.4. The lowest BCUT2D eigenvalue weighted by atomic mass is 9.85. The van der Waals surface area contributed by atoms with Gasteiger partial charge in [-0.15, -0.1) is 0 Å². The maximum atomic E-state index is 2.38. The molecule has 0 amide bonds. The molecule has 0 heteroatoms. The third-order valence-corrected chi connectivity index (χ3v) is 4.33. The second-order valence-corrected chi connectivity index (χ2v) is 7.74. The maximum Gasteiger partial charge on any atom is -0.0409 e. The van der Waals surface area contributed by atoms with E-state index in [1.165, 1.54) is 77.0 Å². The van der Waals surface area contributed by atoms with Crippen LogP contribution in [0.5, 0.6) is 0 Å². The Hall–Kier alpha value is 0. The molecule has 0 aliphatic heterocycles. The van der Waals surface area contributed by atoms with Crippen LogP contribution in [0.15, 0.2) is 0 Å². The molecule has 0 radical (unpaired) electrons. The van der Waals surface area contributed by atoms with Gasteiger partial charge in [-0.1, -0.05) is 98.8 Å². The Kier molecular flexibility index (Phi) is 14.0. The summed E-state index contributed by atoms with van der Waals surface area (Å²) in [6, 6.07) is 0. The minimum absolute atomic E-state index is 0.873. The molecule has 122 valence electrons. The van der Waals surface area contributed by atoms with E-state index < -0.39 is 0 Å². The van der Waals surface area contributed by atoms with Crippen LogP contribution in [0, 0.1) is 17.8 Å². The fourth-order valence-corrected chi connectivity index (χ4v) is 3.41. The molecule has 0 atom stereocenters. The lowest BCUT2D eigenvalue weighted by molar-refractivity contribution is 0.315. The fourth-order valence-electron chi connectivity index (χ4n) is 3.41. The molecular weight excluding hydrogens is 240 g/mol. The quantitative estimate of drug-likeness (QED) is 0.287. The molecule has 0 rings (SSSR count). The van der Waals surface area contributed by atoms with Crippen LogP contribution >= 0.6 is 0 Å². The first-order valence-electron chi connectivity index (χ1n) is 9.56. The highest BCUT2D eigenvalue weighted by Crippen LogP contribution is 2.25. The summed E-state index contributed by atoms with van der Waals surface area (Å²) >= 11 is 0. The molecule has 0 saturated carbocycles. The summed E-state index contributed by atoms with van der Waals surface area (Å²) in [5.74, 6) is 2.73. The van der Waals surface area contributed by atoms with Crippen LogP contribution in [0.2, 0.25) is 0 Å². The second kappa shape index (κ2) is 14.0. The third-order valence-electron chi connectivity index (χ3n) is 4.33.